The number of halogens is 1. The summed E-state index contributed by atoms with van der Waals surface area (Å²) < 4.78 is 0. The number of carbonyl (C=O) groups excluding carboxylic acids is 1. The molecule has 0 aliphatic rings. The van der Waals surface area contributed by atoms with E-state index < -0.39 is 0 Å². The van der Waals surface area contributed by atoms with Gasteiger partial charge in [-0.2, -0.15) is 0 Å². The van der Waals surface area contributed by atoms with Crippen molar-refractivity contribution in [2.24, 2.45) is 0 Å². The average Bonchev–Trinajstić information content (AvgIpc) is 2.44. The van der Waals surface area contributed by atoms with Crippen molar-refractivity contribution in [3.05, 3.63) is 59.1 Å². The molecule has 0 heterocycles. The highest BCUT2D eigenvalue weighted by Gasteiger charge is 2.06. The van der Waals surface area contributed by atoms with Crippen LogP contribution in [0.15, 0.2) is 48.5 Å². The van der Waals surface area contributed by atoms with Crippen LogP contribution in [-0.2, 0) is 11.2 Å². The third kappa shape index (κ3) is 5.06. The fraction of sp³-hybridized carbons (Fsp3) is 0.0667. The topological polar surface area (TPSA) is 61.4 Å². The molecule has 3 N–H and O–H groups in total. The summed E-state index contributed by atoms with van der Waals surface area (Å²) in [6.07, 6.45) is 0.217. The summed E-state index contributed by atoms with van der Waals surface area (Å²) in [5.41, 5.74) is 1.54. The van der Waals surface area contributed by atoms with Gasteiger partial charge >= 0.3 is 0 Å². The van der Waals surface area contributed by atoms with Crippen molar-refractivity contribution in [3.63, 3.8) is 0 Å². The Labute approximate surface area is 132 Å². The lowest BCUT2D eigenvalue weighted by atomic mass is 10.1. The number of benzene rings is 2. The Morgan fingerprint density at radius 3 is 2.33 bits per heavy atom. The predicted octanol–water partition coefficient (Wildman–Crippen LogP) is 3.10. The monoisotopic (exact) mass is 320 g/mol. The Kier molecular flexibility index (Phi) is 5.14. The zero-order valence-electron chi connectivity index (χ0n) is 11.0. The Hall–Kier alpha value is -2.11. The molecular formula is C15H13ClN2O2S. The van der Waals surface area contributed by atoms with Crippen LogP contribution >= 0.6 is 23.8 Å². The van der Waals surface area contributed by atoms with Gasteiger partial charge in [0.1, 0.15) is 5.75 Å². The molecule has 0 bridgehead atoms. The molecule has 0 aromatic heterocycles. The molecule has 2 aromatic carbocycles. The molecule has 0 aliphatic heterocycles. The fourth-order valence-corrected chi connectivity index (χ4v) is 2.02. The second-order valence-electron chi connectivity index (χ2n) is 4.35. The van der Waals surface area contributed by atoms with E-state index in [0.29, 0.717) is 10.7 Å². The summed E-state index contributed by atoms with van der Waals surface area (Å²) in [4.78, 5) is 11.8. The Morgan fingerprint density at radius 2 is 1.71 bits per heavy atom. The van der Waals surface area contributed by atoms with E-state index >= 15 is 0 Å². The molecule has 1 amide bonds. The first-order valence-electron chi connectivity index (χ1n) is 6.17. The Balaban J connectivity index is 1.85. The number of hydrogen-bond acceptors (Lipinski definition) is 3. The lowest BCUT2D eigenvalue weighted by Crippen LogP contribution is -2.35. The molecular weight excluding hydrogens is 308 g/mol. The number of carbonyl (C=O) groups is 1. The molecule has 0 radical (unpaired) electrons. The van der Waals surface area contributed by atoms with E-state index in [1.807, 2.05) is 0 Å². The van der Waals surface area contributed by atoms with E-state index in [0.717, 1.165) is 5.56 Å². The number of nitrogens with one attached hydrogen (secondary N) is 2. The second-order valence-corrected chi connectivity index (χ2v) is 5.20. The highest BCUT2D eigenvalue weighted by atomic mass is 35.5. The van der Waals surface area contributed by atoms with Crippen LogP contribution in [0.4, 0.5) is 5.69 Å². The molecule has 21 heavy (non-hydrogen) atoms. The maximum Gasteiger partial charge on any atom is 0.230 e. The third-order valence-electron chi connectivity index (χ3n) is 2.66. The minimum absolute atomic E-state index is 0.165. The van der Waals surface area contributed by atoms with Crippen molar-refractivity contribution in [1.82, 2.24) is 5.32 Å². The van der Waals surface area contributed by atoms with Gasteiger partial charge in [0.05, 0.1) is 6.42 Å². The summed E-state index contributed by atoms with van der Waals surface area (Å²) in [5, 5.41) is 15.5. The number of rotatable bonds is 3. The van der Waals surface area contributed by atoms with E-state index in [2.05, 4.69) is 10.6 Å². The first kappa shape index (κ1) is 15.3. The first-order chi connectivity index (χ1) is 10.0. The summed E-state index contributed by atoms with van der Waals surface area (Å²) in [5.74, 6) is -0.0492. The lowest BCUT2D eigenvalue weighted by Gasteiger charge is -2.09. The molecule has 0 saturated carbocycles. The molecule has 0 atom stereocenters. The van der Waals surface area contributed by atoms with Gasteiger partial charge < -0.3 is 15.7 Å². The van der Waals surface area contributed by atoms with Crippen molar-refractivity contribution in [1.29, 1.82) is 0 Å². The van der Waals surface area contributed by atoms with Gasteiger partial charge in [-0.15, -0.1) is 0 Å². The average molecular weight is 321 g/mol. The minimum Gasteiger partial charge on any atom is -0.508 e. The number of phenols is 1. The number of amides is 1. The van der Waals surface area contributed by atoms with Crippen LogP contribution in [0.25, 0.3) is 0 Å². The quantitative estimate of drug-likeness (QED) is 0.601. The van der Waals surface area contributed by atoms with E-state index in [4.69, 9.17) is 23.8 Å². The second kappa shape index (κ2) is 7.06. The Morgan fingerprint density at radius 1 is 1.10 bits per heavy atom. The van der Waals surface area contributed by atoms with Gasteiger partial charge in [-0.3, -0.25) is 4.79 Å². The van der Waals surface area contributed by atoms with Gasteiger partial charge in [-0.1, -0.05) is 23.7 Å². The normalized spacial score (nSPS) is 9.95. The molecule has 0 fully saturated rings. The Bertz CT molecular complexity index is 584. The SMILES string of the molecule is O=C(Cc1ccc(Cl)cc1)NC(=S)Nc1ccc(O)cc1. The van der Waals surface area contributed by atoms with E-state index in [9.17, 15) is 9.90 Å². The first-order valence-corrected chi connectivity index (χ1v) is 6.96. The predicted molar refractivity (Wildman–Crippen MR) is 87.6 cm³/mol. The zero-order chi connectivity index (χ0) is 15.2. The van der Waals surface area contributed by atoms with Gasteiger partial charge in [0, 0.05) is 10.7 Å². The van der Waals surface area contributed by atoms with Crippen molar-refractivity contribution in [3.8, 4) is 5.75 Å². The third-order valence-corrected chi connectivity index (χ3v) is 3.11. The highest BCUT2D eigenvalue weighted by molar-refractivity contribution is 7.80. The number of aromatic hydroxyl groups is 1. The molecule has 4 nitrogen and oxygen atoms in total. The van der Waals surface area contributed by atoms with Crippen LogP contribution in [0.3, 0.4) is 0 Å². The highest BCUT2D eigenvalue weighted by Crippen LogP contribution is 2.13. The number of anilines is 1. The van der Waals surface area contributed by atoms with Gasteiger partial charge in [-0.25, -0.2) is 0 Å². The van der Waals surface area contributed by atoms with Crippen LogP contribution in [-0.4, -0.2) is 16.1 Å². The van der Waals surface area contributed by atoms with Crippen LogP contribution in [0, 0.1) is 0 Å². The largest absolute Gasteiger partial charge is 0.508 e. The van der Waals surface area contributed by atoms with Gasteiger partial charge in [0.2, 0.25) is 5.91 Å². The van der Waals surface area contributed by atoms with Crippen molar-refractivity contribution in [2.45, 2.75) is 6.42 Å². The van der Waals surface area contributed by atoms with Gasteiger partial charge in [0.15, 0.2) is 5.11 Å². The molecule has 0 aliphatic carbocycles. The molecule has 0 spiro atoms. The van der Waals surface area contributed by atoms with Crippen LogP contribution in [0.2, 0.25) is 5.02 Å². The molecule has 0 unspecified atom stereocenters. The summed E-state index contributed by atoms with van der Waals surface area (Å²) in [6.45, 7) is 0. The maximum atomic E-state index is 11.8. The molecule has 108 valence electrons. The molecule has 2 rings (SSSR count). The van der Waals surface area contributed by atoms with Gasteiger partial charge in [-0.05, 0) is 54.2 Å². The van der Waals surface area contributed by atoms with E-state index in [1.54, 1.807) is 36.4 Å². The number of thiocarbonyl (C=S) groups is 1. The maximum absolute atomic E-state index is 11.8. The van der Waals surface area contributed by atoms with E-state index in [-0.39, 0.29) is 23.2 Å². The standard InChI is InChI=1S/C15H13ClN2O2S/c16-11-3-1-10(2-4-11)9-14(20)18-15(21)17-12-5-7-13(19)8-6-12/h1-8,19H,9H2,(H2,17,18,20,21). The molecule has 0 saturated heterocycles. The smallest absolute Gasteiger partial charge is 0.230 e. The fourth-order valence-electron chi connectivity index (χ4n) is 1.67. The summed E-state index contributed by atoms with van der Waals surface area (Å²) in [6, 6.07) is 13.4. The summed E-state index contributed by atoms with van der Waals surface area (Å²) in [7, 11) is 0. The van der Waals surface area contributed by atoms with Crippen molar-refractivity contribution < 1.29 is 9.90 Å². The molecule has 2 aromatic rings. The zero-order valence-corrected chi connectivity index (χ0v) is 12.5. The van der Waals surface area contributed by atoms with Gasteiger partial charge in [0.25, 0.3) is 0 Å². The number of hydrogen-bond donors (Lipinski definition) is 3. The molecule has 6 heteroatoms. The number of phenolic OH excluding ortho intramolecular Hbond substituents is 1. The van der Waals surface area contributed by atoms with Crippen LogP contribution < -0.4 is 10.6 Å². The van der Waals surface area contributed by atoms with Crippen molar-refractivity contribution >= 4 is 40.5 Å². The van der Waals surface area contributed by atoms with E-state index in [1.165, 1.54) is 12.1 Å². The lowest BCUT2D eigenvalue weighted by molar-refractivity contribution is -0.119. The summed E-state index contributed by atoms with van der Waals surface area (Å²) >= 11 is 10.8. The van der Waals surface area contributed by atoms with Crippen LogP contribution in [0.5, 0.6) is 5.75 Å². The minimum atomic E-state index is -0.214. The van der Waals surface area contributed by atoms with Crippen molar-refractivity contribution in [2.75, 3.05) is 5.32 Å². The van der Waals surface area contributed by atoms with Crippen LogP contribution in [0.1, 0.15) is 5.56 Å².